The Balaban J connectivity index is 2.07. The second kappa shape index (κ2) is 6.50. The summed E-state index contributed by atoms with van der Waals surface area (Å²) in [7, 11) is 1.65. The van der Waals surface area contributed by atoms with Gasteiger partial charge in [-0.3, -0.25) is 4.79 Å². The zero-order valence-corrected chi connectivity index (χ0v) is 12.7. The Labute approximate surface area is 133 Å². The second-order valence-electron chi connectivity index (χ2n) is 5.09. The average Bonchev–Trinajstić information content (AvgIpc) is 3.24. The van der Waals surface area contributed by atoms with Gasteiger partial charge in [0.2, 0.25) is 0 Å². The van der Waals surface area contributed by atoms with E-state index in [0.717, 1.165) is 5.69 Å². The van der Waals surface area contributed by atoms with E-state index in [1.807, 2.05) is 30.3 Å². The molecule has 6 heteroatoms. The first-order chi connectivity index (χ1) is 11.2. The van der Waals surface area contributed by atoms with E-state index in [1.54, 1.807) is 36.2 Å². The van der Waals surface area contributed by atoms with Gasteiger partial charge in [0.25, 0.3) is 5.91 Å². The Morgan fingerprint density at radius 2 is 2.04 bits per heavy atom. The number of amides is 1. The lowest BCUT2D eigenvalue weighted by molar-refractivity contribution is 0.0758. The summed E-state index contributed by atoms with van der Waals surface area (Å²) >= 11 is 0. The molecule has 0 aliphatic carbocycles. The SMILES string of the molecule is CN(CCO)C(=O)c1cc(-c2ccco2)nn1-c1ccccc1. The molecule has 6 nitrogen and oxygen atoms in total. The first-order valence-electron chi connectivity index (χ1n) is 7.26. The summed E-state index contributed by atoms with van der Waals surface area (Å²) in [5.41, 5.74) is 1.78. The number of carbonyl (C=O) groups excluding carboxylic acids is 1. The van der Waals surface area contributed by atoms with Gasteiger partial charge >= 0.3 is 0 Å². The van der Waals surface area contributed by atoms with E-state index in [2.05, 4.69) is 5.10 Å². The van der Waals surface area contributed by atoms with E-state index in [9.17, 15) is 4.79 Å². The van der Waals surface area contributed by atoms with Crippen LogP contribution in [0.1, 0.15) is 10.5 Å². The van der Waals surface area contributed by atoms with Crippen molar-refractivity contribution in [1.29, 1.82) is 0 Å². The van der Waals surface area contributed by atoms with Crippen molar-refractivity contribution >= 4 is 5.91 Å². The molecule has 2 heterocycles. The minimum atomic E-state index is -0.215. The van der Waals surface area contributed by atoms with Gasteiger partial charge in [-0.2, -0.15) is 5.10 Å². The molecule has 0 atom stereocenters. The zero-order valence-electron chi connectivity index (χ0n) is 12.7. The van der Waals surface area contributed by atoms with E-state index >= 15 is 0 Å². The fourth-order valence-corrected chi connectivity index (χ4v) is 2.29. The maximum Gasteiger partial charge on any atom is 0.272 e. The summed E-state index contributed by atoms with van der Waals surface area (Å²) in [4.78, 5) is 14.1. The van der Waals surface area contributed by atoms with Gasteiger partial charge in [0.1, 0.15) is 11.4 Å². The van der Waals surface area contributed by atoms with E-state index in [-0.39, 0.29) is 19.1 Å². The van der Waals surface area contributed by atoms with Gasteiger partial charge in [-0.05, 0) is 24.3 Å². The van der Waals surface area contributed by atoms with Crippen molar-refractivity contribution in [3.05, 3.63) is 60.5 Å². The summed E-state index contributed by atoms with van der Waals surface area (Å²) in [6, 6.07) is 14.7. The van der Waals surface area contributed by atoms with Crippen LogP contribution < -0.4 is 0 Å². The largest absolute Gasteiger partial charge is 0.463 e. The van der Waals surface area contributed by atoms with Crippen molar-refractivity contribution in [2.75, 3.05) is 20.2 Å². The summed E-state index contributed by atoms with van der Waals surface area (Å²) < 4.78 is 6.96. The van der Waals surface area contributed by atoms with Gasteiger partial charge in [-0.15, -0.1) is 0 Å². The fraction of sp³-hybridized carbons (Fsp3) is 0.176. The molecule has 1 amide bonds. The predicted molar refractivity (Wildman–Crippen MR) is 85.3 cm³/mol. The number of likely N-dealkylation sites (N-methyl/N-ethyl adjacent to an activating group) is 1. The third-order valence-electron chi connectivity index (χ3n) is 3.48. The topological polar surface area (TPSA) is 71.5 Å². The summed E-state index contributed by atoms with van der Waals surface area (Å²) in [6.07, 6.45) is 1.57. The molecule has 0 aliphatic rings. The summed E-state index contributed by atoms with van der Waals surface area (Å²) in [5.74, 6) is 0.381. The maximum atomic E-state index is 12.6. The number of hydrogen-bond donors (Lipinski definition) is 1. The maximum absolute atomic E-state index is 12.6. The van der Waals surface area contributed by atoms with Crippen molar-refractivity contribution in [2.45, 2.75) is 0 Å². The predicted octanol–water partition coefficient (Wildman–Crippen LogP) is 2.20. The molecule has 0 saturated heterocycles. The van der Waals surface area contributed by atoms with Gasteiger partial charge in [0, 0.05) is 19.7 Å². The van der Waals surface area contributed by atoms with Gasteiger partial charge in [-0.25, -0.2) is 4.68 Å². The molecule has 0 spiro atoms. The van der Waals surface area contributed by atoms with E-state index < -0.39 is 0 Å². The first kappa shape index (κ1) is 15.1. The van der Waals surface area contributed by atoms with Crippen LogP contribution in [0.3, 0.4) is 0 Å². The molecular formula is C17H17N3O3. The molecular weight excluding hydrogens is 294 g/mol. The molecule has 2 aromatic heterocycles. The molecule has 3 rings (SSSR count). The molecule has 1 N–H and O–H groups in total. The third kappa shape index (κ3) is 3.02. The van der Waals surface area contributed by atoms with Crippen molar-refractivity contribution in [3.63, 3.8) is 0 Å². The third-order valence-corrected chi connectivity index (χ3v) is 3.48. The van der Waals surface area contributed by atoms with Crippen LogP contribution in [0.2, 0.25) is 0 Å². The second-order valence-corrected chi connectivity index (χ2v) is 5.09. The molecule has 0 unspecified atom stereocenters. The first-order valence-corrected chi connectivity index (χ1v) is 7.26. The van der Waals surface area contributed by atoms with Crippen LogP contribution in [-0.2, 0) is 0 Å². The summed E-state index contributed by atoms with van der Waals surface area (Å²) in [6.45, 7) is 0.168. The van der Waals surface area contributed by atoms with Crippen molar-refractivity contribution in [3.8, 4) is 17.1 Å². The number of hydrogen-bond acceptors (Lipinski definition) is 4. The molecule has 0 radical (unpaired) electrons. The van der Waals surface area contributed by atoms with Crippen LogP contribution in [0.25, 0.3) is 17.1 Å². The highest BCUT2D eigenvalue weighted by atomic mass is 16.3. The van der Waals surface area contributed by atoms with E-state index in [4.69, 9.17) is 9.52 Å². The van der Waals surface area contributed by atoms with Crippen molar-refractivity contribution in [2.24, 2.45) is 0 Å². The Morgan fingerprint density at radius 1 is 1.26 bits per heavy atom. The van der Waals surface area contributed by atoms with Crippen LogP contribution in [0.5, 0.6) is 0 Å². The Hall–Kier alpha value is -2.86. The number of nitrogens with zero attached hydrogens (tertiary/aromatic N) is 3. The normalized spacial score (nSPS) is 10.7. The van der Waals surface area contributed by atoms with Crippen molar-refractivity contribution < 1.29 is 14.3 Å². The molecule has 1 aromatic carbocycles. The van der Waals surface area contributed by atoms with Crippen LogP contribution >= 0.6 is 0 Å². The number of rotatable bonds is 5. The molecule has 23 heavy (non-hydrogen) atoms. The highest BCUT2D eigenvalue weighted by Crippen LogP contribution is 2.22. The van der Waals surface area contributed by atoms with E-state index in [1.165, 1.54) is 4.90 Å². The lowest BCUT2D eigenvalue weighted by Crippen LogP contribution is -2.31. The molecule has 0 fully saturated rings. The van der Waals surface area contributed by atoms with E-state index in [0.29, 0.717) is 17.1 Å². The smallest absolute Gasteiger partial charge is 0.272 e. The van der Waals surface area contributed by atoms with Crippen LogP contribution in [-0.4, -0.2) is 45.9 Å². The monoisotopic (exact) mass is 311 g/mol. The van der Waals surface area contributed by atoms with Crippen LogP contribution in [0.4, 0.5) is 0 Å². The Kier molecular flexibility index (Phi) is 4.25. The van der Waals surface area contributed by atoms with Crippen molar-refractivity contribution in [1.82, 2.24) is 14.7 Å². The van der Waals surface area contributed by atoms with Gasteiger partial charge in [-0.1, -0.05) is 18.2 Å². The molecule has 118 valence electrons. The number of aromatic nitrogens is 2. The molecule has 0 saturated carbocycles. The fourth-order valence-electron chi connectivity index (χ4n) is 2.29. The number of aliphatic hydroxyl groups excluding tert-OH is 1. The highest BCUT2D eigenvalue weighted by Gasteiger charge is 2.21. The quantitative estimate of drug-likeness (QED) is 0.784. The zero-order chi connectivity index (χ0) is 16.2. The Morgan fingerprint density at radius 3 is 2.70 bits per heavy atom. The molecule has 3 aromatic rings. The number of furan rings is 1. The highest BCUT2D eigenvalue weighted by molar-refractivity contribution is 5.94. The molecule has 0 bridgehead atoms. The van der Waals surface area contributed by atoms with Gasteiger partial charge in [0.15, 0.2) is 5.76 Å². The lowest BCUT2D eigenvalue weighted by Gasteiger charge is -2.16. The number of carbonyl (C=O) groups is 1. The Bertz CT molecular complexity index is 779. The summed E-state index contributed by atoms with van der Waals surface area (Å²) in [5, 5.41) is 13.5. The van der Waals surface area contributed by atoms with Crippen LogP contribution in [0, 0.1) is 0 Å². The lowest BCUT2D eigenvalue weighted by atomic mass is 10.2. The minimum Gasteiger partial charge on any atom is -0.463 e. The standard InChI is InChI=1S/C17H17N3O3/c1-19(9-10-21)17(22)15-12-14(16-8-5-11-23-16)18-20(15)13-6-3-2-4-7-13/h2-8,11-12,21H,9-10H2,1H3. The number of benzene rings is 1. The average molecular weight is 311 g/mol. The van der Waals surface area contributed by atoms with Gasteiger partial charge < -0.3 is 14.4 Å². The number of para-hydroxylation sites is 1. The van der Waals surface area contributed by atoms with Gasteiger partial charge in [0.05, 0.1) is 18.6 Å². The minimum absolute atomic E-state index is 0.0905. The number of aliphatic hydroxyl groups is 1. The van der Waals surface area contributed by atoms with Crippen LogP contribution in [0.15, 0.2) is 59.2 Å². The molecule has 0 aliphatic heterocycles.